The topological polar surface area (TPSA) is 58.9 Å². The lowest BCUT2D eigenvalue weighted by molar-refractivity contribution is 0.102. The standard InChI is InChI=1S/C15H23O4P/c1-10(2)13-5-4-6-14(11(3)12-7-8-12)15(13)18-9-19-20(16)17/h4-6,10-12,16-17H,7-9H2,1-3H3/t11-/m0/s1. The summed E-state index contributed by atoms with van der Waals surface area (Å²) in [6.45, 7) is 6.35. The van der Waals surface area contributed by atoms with Crippen molar-refractivity contribution in [1.29, 1.82) is 0 Å². The minimum Gasteiger partial charge on any atom is -0.466 e. The highest BCUT2D eigenvalue weighted by Crippen LogP contribution is 2.46. The van der Waals surface area contributed by atoms with E-state index in [1.165, 1.54) is 18.4 Å². The molecule has 0 radical (unpaired) electrons. The third kappa shape index (κ3) is 3.92. The van der Waals surface area contributed by atoms with Gasteiger partial charge in [0.25, 0.3) is 0 Å². The Hall–Kier alpha value is -0.670. The number of hydrogen-bond donors (Lipinski definition) is 2. The summed E-state index contributed by atoms with van der Waals surface area (Å²) in [5, 5.41) is 0. The SMILES string of the molecule is CC(C)c1cccc([C@@H](C)C2CC2)c1OCOP(O)O. The Balaban J connectivity index is 2.22. The number of benzene rings is 1. The molecule has 2 rings (SSSR count). The predicted molar refractivity (Wildman–Crippen MR) is 79.6 cm³/mol. The van der Waals surface area contributed by atoms with Gasteiger partial charge >= 0.3 is 8.60 Å². The van der Waals surface area contributed by atoms with Gasteiger partial charge in [0.05, 0.1) is 0 Å². The molecule has 0 aliphatic heterocycles. The molecule has 0 bridgehead atoms. The van der Waals surface area contributed by atoms with Crippen LogP contribution < -0.4 is 4.74 Å². The molecule has 1 aliphatic carbocycles. The van der Waals surface area contributed by atoms with E-state index in [-0.39, 0.29) is 6.79 Å². The maximum Gasteiger partial charge on any atom is 0.330 e. The minimum absolute atomic E-state index is 0.132. The second-order valence-electron chi connectivity index (χ2n) is 5.69. The number of ether oxygens (including phenoxy) is 1. The average molecular weight is 298 g/mol. The predicted octanol–water partition coefficient (Wildman–Crippen LogP) is 3.89. The quantitative estimate of drug-likeness (QED) is 0.592. The van der Waals surface area contributed by atoms with E-state index in [4.69, 9.17) is 19.0 Å². The normalized spacial score (nSPS) is 16.8. The zero-order valence-corrected chi connectivity index (χ0v) is 13.1. The molecule has 0 amide bonds. The van der Waals surface area contributed by atoms with Crippen molar-refractivity contribution in [1.82, 2.24) is 0 Å². The van der Waals surface area contributed by atoms with E-state index in [1.807, 2.05) is 0 Å². The molecule has 1 aliphatic rings. The fourth-order valence-corrected chi connectivity index (χ4v) is 2.68. The van der Waals surface area contributed by atoms with Gasteiger partial charge in [-0.15, -0.1) is 0 Å². The van der Waals surface area contributed by atoms with Gasteiger partial charge in [-0.25, -0.2) is 0 Å². The first-order valence-electron chi connectivity index (χ1n) is 7.07. The summed E-state index contributed by atoms with van der Waals surface area (Å²) < 4.78 is 10.5. The molecule has 112 valence electrons. The first-order chi connectivity index (χ1) is 9.50. The van der Waals surface area contributed by atoms with Crippen molar-refractivity contribution in [3.05, 3.63) is 29.3 Å². The fourth-order valence-electron chi connectivity index (χ4n) is 2.54. The molecule has 1 aromatic rings. The van der Waals surface area contributed by atoms with Crippen LogP contribution >= 0.6 is 8.60 Å². The summed E-state index contributed by atoms with van der Waals surface area (Å²) >= 11 is 0. The van der Waals surface area contributed by atoms with Crippen LogP contribution in [0, 0.1) is 5.92 Å². The molecule has 20 heavy (non-hydrogen) atoms. The Morgan fingerprint density at radius 3 is 2.40 bits per heavy atom. The molecule has 0 aromatic heterocycles. The first kappa shape index (κ1) is 15.7. The maximum atomic E-state index is 8.80. The maximum absolute atomic E-state index is 8.80. The van der Waals surface area contributed by atoms with Crippen molar-refractivity contribution >= 4 is 8.60 Å². The summed E-state index contributed by atoms with van der Waals surface area (Å²) in [6, 6.07) is 6.23. The Morgan fingerprint density at radius 1 is 1.20 bits per heavy atom. The van der Waals surface area contributed by atoms with Crippen LogP contribution in [0.5, 0.6) is 5.75 Å². The lowest BCUT2D eigenvalue weighted by Crippen LogP contribution is -2.08. The third-order valence-electron chi connectivity index (χ3n) is 3.89. The van der Waals surface area contributed by atoms with E-state index in [2.05, 4.69) is 39.0 Å². The Kier molecular flexibility index (Phi) is 5.39. The molecular formula is C15H23O4P. The molecule has 1 atom stereocenters. The van der Waals surface area contributed by atoms with E-state index in [0.717, 1.165) is 17.2 Å². The highest BCUT2D eigenvalue weighted by atomic mass is 31.2. The van der Waals surface area contributed by atoms with E-state index in [1.54, 1.807) is 0 Å². The lowest BCUT2D eigenvalue weighted by Gasteiger charge is -2.21. The van der Waals surface area contributed by atoms with Gasteiger partial charge in [-0.1, -0.05) is 39.0 Å². The molecule has 1 fully saturated rings. The molecule has 0 spiro atoms. The Morgan fingerprint density at radius 2 is 1.85 bits per heavy atom. The van der Waals surface area contributed by atoms with Crippen LogP contribution in [0.1, 0.15) is 56.6 Å². The molecule has 0 heterocycles. The number of rotatable bonds is 7. The zero-order chi connectivity index (χ0) is 14.7. The second-order valence-corrected chi connectivity index (χ2v) is 6.45. The Labute approximate surface area is 121 Å². The zero-order valence-electron chi connectivity index (χ0n) is 12.2. The molecular weight excluding hydrogens is 275 g/mol. The Bertz CT molecular complexity index is 443. The van der Waals surface area contributed by atoms with Crippen molar-refractivity contribution in [3.8, 4) is 5.75 Å². The molecule has 1 aromatic carbocycles. The van der Waals surface area contributed by atoms with Crippen molar-refractivity contribution in [2.75, 3.05) is 6.79 Å². The van der Waals surface area contributed by atoms with Crippen LogP contribution in [0.2, 0.25) is 0 Å². The van der Waals surface area contributed by atoms with Crippen molar-refractivity contribution < 1.29 is 19.0 Å². The summed E-state index contributed by atoms with van der Waals surface area (Å²) in [5.41, 5.74) is 2.33. The van der Waals surface area contributed by atoms with E-state index < -0.39 is 8.60 Å². The molecule has 2 N–H and O–H groups in total. The molecule has 0 unspecified atom stereocenters. The van der Waals surface area contributed by atoms with Crippen molar-refractivity contribution in [2.24, 2.45) is 5.92 Å². The van der Waals surface area contributed by atoms with Gasteiger partial charge < -0.3 is 14.5 Å². The van der Waals surface area contributed by atoms with Gasteiger partial charge in [0.15, 0.2) is 6.79 Å². The van der Waals surface area contributed by atoms with E-state index >= 15 is 0 Å². The van der Waals surface area contributed by atoms with Gasteiger partial charge in [-0.2, -0.15) is 0 Å². The summed E-state index contributed by atoms with van der Waals surface area (Å²) in [6.07, 6.45) is 2.56. The van der Waals surface area contributed by atoms with Crippen LogP contribution in [0.25, 0.3) is 0 Å². The highest BCUT2D eigenvalue weighted by Gasteiger charge is 2.31. The van der Waals surface area contributed by atoms with Gasteiger partial charge in [0.1, 0.15) is 5.75 Å². The number of para-hydroxylation sites is 1. The van der Waals surface area contributed by atoms with Crippen LogP contribution in [0.4, 0.5) is 0 Å². The first-order valence-corrected chi connectivity index (χ1v) is 8.23. The van der Waals surface area contributed by atoms with Gasteiger partial charge in [-0.05, 0) is 41.7 Å². The molecule has 4 nitrogen and oxygen atoms in total. The van der Waals surface area contributed by atoms with Gasteiger partial charge in [0.2, 0.25) is 0 Å². The smallest absolute Gasteiger partial charge is 0.330 e. The third-order valence-corrected chi connectivity index (χ3v) is 4.23. The molecule has 0 saturated heterocycles. The average Bonchev–Trinajstić information content (AvgIpc) is 3.21. The summed E-state index contributed by atoms with van der Waals surface area (Å²) in [5.74, 6) is 2.40. The highest BCUT2D eigenvalue weighted by molar-refractivity contribution is 7.39. The summed E-state index contributed by atoms with van der Waals surface area (Å²) in [4.78, 5) is 17.6. The van der Waals surface area contributed by atoms with Gasteiger partial charge in [0, 0.05) is 0 Å². The van der Waals surface area contributed by atoms with Crippen LogP contribution in [-0.4, -0.2) is 16.6 Å². The van der Waals surface area contributed by atoms with Crippen LogP contribution in [0.15, 0.2) is 18.2 Å². The van der Waals surface area contributed by atoms with Crippen LogP contribution in [-0.2, 0) is 4.52 Å². The minimum atomic E-state index is -2.37. The molecule has 5 heteroatoms. The fraction of sp³-hybridized carbons (Fsp3) is 0.600. The van der Waals surface area contributed by atoms with Crippen LogP contribution in [0.3, 0.4) is 0 Å². The van der Waals surface area contributed by atoms with Crippen molar-refractivity contribution in [2.45, 2.75) is 45.4 Å². The number of hydrogen-bond acceptors (Lipinski definition) is 4. The molecule has 1 saturated carbocycles. The van der Waals surface area contributed by atoms with Crippen molar-refractivity contribution in [3.63, 3.8) is 0 Å². The van der Waals surface area contributed by atoms with E-state index in [0.29, 0.717) is 11.8 Å². The lowest BCUT2D eigenvalue weighted by atomic mass is 9.90. The summed E-state index contributed by atoms with van der Waals surface area (Å²) in [7, 11) is -2.37. The second kappa shape index (κ2) is 6.86. The monoisotopic (exact) mass is 298 g/mol. The van der Waals surface area contributed by atoms with E-state index in [9.17, 15) is 0 Å². The largest absolute Gasteiger partial charge is 0.466 e. The van der Waals surface area contributed by atoms with Gasteiger partial charge in [-0.3, -0.25) is 4.52 Å².